The van der Waals surface area contributed by atoms with Crippen molar-refractivity contribution in [2.45, 2.75) is 6.54 Å². The Hall–Kier alpha value is -1.03. The number of benzene rings is 1. The zero-order valence-electron chi connectivity index (χ0n) is 6.12. The highest BCUT2D eigenvalue weighted by Gasteiger charge is 2.27. The van der Waals surface area contributed by atoms with E-state index in [1.807, 2.05) is 0 Å². The fourth-order valence-electron chi connectivity index (χ4n) is 1.28. The van der Waals surface area contributed by atoms with Crippen LogP contribution in [-0.2, 0) is 6.54 Å². The quantitative estimate of drug-likeness (QED) is 0.606. The summed E-state index contributed by atoms with van der Waals surface area (Å²) < 4.78 is 14.2. The Morgan fingerprint density at radius 3 is 2.92 bits per heavy atom. The summed E-state index contributed by atoms with van der Waals surface area (Å²) in [6.07, 6.45) is 0. The van der Waals surface area contributed by atoms with E-state index in [0.717, 1.165) is 0 Å². The van der Waals surface area contributed by atoms with Crippen LogP contribution in [0.5, 0.6) is 0 Å². The van der Waals surface area contributed by atoms with Crippen LogP contribution in [0.25, 0.3) is 0 Å². The number of nitrogens with zero attached hydrogens (tertiary/aromatic N) is 1. The standard InChI is InChI=1S/C8H6FNOS/c9-7-3-1-2-5-6(7)4-10(12)8(5)11/h1-3,12H,4H2. The smallest absolute Gasteiger partial charge is 0.264 e. The SMILES string of the molecule is O=C1c2cccc(F)c2CN1S. The van der Waals surface area contributed by atoms with Crippen LogP contribution in [0, 0.1) is 5.82 Å². The molecule has 0 bridgehead atoms. The van der Waals surface area contributed by atoms with Gasteiger partial charge in [0.15, 0.2) is 0 Å². The molecule has 2 rings (SSSR count). The fraction of sp³-hybridized carbons (Fsp3) is 0.125. The van der Waals surface area contributed by atoms with Gasteiger partial charge in [-0.05, 0) is 12.1 Å². The van der Waals surface area contributed by atoms with Crippen molar-refractivity contribution in [2.75, 3.05) is 0 Å². The van der Waals surface area contributed by atoms with Gasteiger partial charge in [-0.25, -0.2) is 4.39 Å². The molecule has 0 unspecified atom stereocenters. The first-order valence-corrected chi connectivity index (χ1v) is 3.88. The third-order valence-corrected chi connectivity index (χ3v) is 2.21. The van der Waals surface area contributed by atoms with E-state index in [-0.39, 0.29) is 18.3 Å². The Bertz CT molecular complexity index is 353. The third kappa shape index (κ3) is 0.914. The third-order valence-electron chi connectivity index (χ3n) is 1.89. The molecular weight excluding hydrogens is 177 g/mol. The molecule has 4 heteroatoms. The van der Waals surface area contributed by atoms with Crippen LogP contribution >= 0.6 is 12.8 Å². The van der Waals surface area contributed by atoms with Crippen molar-refractivity contribution < 1.29 is 9.18 Å². The molecule has 0 spiro atoms. The Morgan fingerprint density at radius 2 is 2.25 bits per heavy atom. The summed E-state index contributed by atoms with van der Waals surface area (Å²) >= 11 is 3.90. The summed E-state index contributed by atoms with van der Waals surface area (Å²) in [6.45, 7) is 0.254. The van der Waals surface area contributed by atoms with E-state index in [1.54, 1.807) is 6.07 Å². The van der Waals surface area contributed by atoms with Crippen LogP contribution in [-0.4, -0.2) is 10.2 Å². The molecule has 0 radical (unpaired) electrons. The van der Waals surface area contributed by atoms with Crippen molar-refractivity contribution in [3.05, 3.63) is 35.1 Å². The van der Waals surface area contributed by atoms with E-state index >= 15 is 0 Å². The monoisotopic (exact) mass is 183 g/mol. The van der Waals surface area contributed by atoms with Gasteiger partial charge in [0.25, 0.3) is 5.91 Å². The lowest BCUT2D eigenvalue weighted by atomic mass is 10.1. The summed E-state index contributed by atoms with van der Waals surface area (Å²) in [5, 5.41) is 0. The maximum absolute atomic E-state index is 13.0. The van der Waals surface area contributed by atoms with Gasteiger partial charge in [-0.3, -0.25) is 9.10 Å². The van der Waals surface area contributed by atoms with Crippen molar-refractivity contribution in [2.24, 2.45) is 0 Å². The van der Waals surface area contributed by atoms with Gasteiger partial charge in [0.2, 0.25) is 0 Å². The highest BCUT2D eigenvalue weighted by atomic mass is 32.1. The molecule has 62 valence electrons. The van der Waals surface area contributed by atoms with E-state index in [0.29, 0.717) is 11.1 Å². The first-order chi connectivity index (χ1) is 5.70. The predicted molar refractivity (Wildman–Crippen MR) is 45.3 cm³/mol. The van der Waals surface area contributed by atoms with Gasteiger partial charge in [-0.1, -0.05) is 18.9 Å². The lowest BCUT2D eigenvalue weighted by Gasteiger charge is -2.02. The summed E-state index contributed by atoms with van der Waals surface area (Å²) in [6, 6.07) is 4.48. The van der Waals surface area contributed by atoms with Gasteiger partial charge in [-0.2, -0.15) is 0 Å². The predicted octanol–water partition coefficient (Wildman–Crippen LogP) is 1.63. The summed E-state index contributed by atoms with van der Waals surface area (Å²) in [7, 11) is 0. The van der Waals surface area contributed by atoms with Crippen LogP contribution in [0.1, 0.15) is 15.9 Å². The maximum Gasteiger partial charge on any atom is 0.264 e. The zero-order chi connectivity index (χ0) is 8.72. The molecule has 12 heavy (non-hydrogen) atoms. The zero-order valence-corrected chi connectivity index (χ0v) is 7.01. The molecule has 1 aliphatic heterocycles. The molecule has 0 aliphatic carbocycles. The Morgan fingerprint density at radius 1 is 1.50 bits per heavy atom. The lowest BCUT2D eigenvalue weighted by molar-refractivity contribution is 0.0891. The molecule has 0 atom stereocenters. The van der Waals surface area contributed by atoms with E-state index in [2.05, 4.69) is 12.8 Å². The second-order valence-electron chi connectivity index (χ2n) is 2.63. The Labute approximate surface area is 74.5 Å². The fourth-order valence-corrected chi connectivity index (χ4v) is 1.53. The van der Waals surface area contributed by atoms with Crippen LogP contribution < -0.4 is 0 Å². The maximum atomic E-state index is 13.0. The number of rotatable bonds is 0. The molecular formula is C8H6FNOS. The summed E-state index contributed by atoms with van der Waals surface area (Å²) in [5.41, 5.74) is 0.863. The lowest BCUT2D eigenvalue weighted by Crippen LogP contribution is -2.11. The average molecular weight is 183 g/mol. The van der Waals surface area contributed by atoms with Crippen LogP contribution in [0.3, 0.4) is 0 Å². The van der Waals surface area contributed by atoms with Gasteiger partial charge < -0.3 is 0 Å². The van der Waals surface area contributed by atoms with Crippen LogP contribution in [0.2, 0.25) is 0 Å². The first-order valence-electron chi connectivity index (χ1n) is 3.48. The average Bonchev–Trinajstić information content (AvgIpc) is 2.32. The molecule has 1 aromatic rings. The van der Waals surface area contributed by atoms with Gasteiger partial charge >= 0.3 is 0 Å². The Balaban J connectivity index is 2.61. The molecule has 0 saturated heterocycles. The number of hydrogen-bond acceptors (Lipinski definition) is 2. The number of fused-ring (bicyclic) bond motifs is 1. The van der Waals surface area contributed by atoms with Gasteiger partial charge in [0, 0.05) is 11.1 Å². The first kappa shape index (κ1) is 7.61. The molecule has 0 N–H and O–H groups in total. The normalized spacial score (nSPS) is 15.2. The van der Waals surface area contributed by atoms with E-state index < -0.39 is 0 Å². The molecule has 1 amide bonds. The van der Waals surface area contributed by atoms with Gasteiger partial charge in [0.05, 0.1) is 6.54 Å². The van der Waals surface area contributed by atoms with Crippen molar-refractivity contribution in [3.63, 3.8) is 0 Å². The number of carbonyl (C=O) groups excluding carboxylic acids is 1. The molecule has 0 fully saturated rings. The number of hydrogen-bond donors (Lipinski definition) is 1. The Kier molecular flexibility index (Phi) is 1.58. The minimum absolute atomic E-state index is 0.229. The van der Waals surface area contributed by atoms with Crippen molar-refractivity contribution in [1.29, 1.82) is 0 Å². The second kappa shape index (κ2) is 2.48. The second-order valence-corrected chi connectivity index (χ2v) is 3.11. The number of halogens is 1. The number of thiol groups is 1. The van der Waals surface area contributed by atoms with Crippen molar-refractivity contribution in [1.82, 2.24) is 4.31 Å². The van der Waals surface area contributed by atoms with E-state index in [1.165, 1.54) is 16.4 Å². The van der Waals surface area contributed by atoms with Crippen molar-refractivity contribution in [3.8, 4) is 0 Å². The minimum atomic E-state index is -0.336. The minimum Gasteiger partial charge on any atom is -0.280 e. The highest BCUT2D eigenvalue weighted by molar-refractivity contribution is 7.78. The van der Waals surface area contributed by atoms with E-state index in [4.69, 9.17) is 0 Å². The van der Waals surface area contributed by atoms with Gasteiger partial charge in [0.1, 0.15) is 5.82 Å². The number of carbonyl (C=O) groups is 1. The van der Waals surface area contributed by atoms with Crippen LogP contribution in [0.4, 0.5) is 4.39 Å². The molecule has 1 aliphatic rings. The topological polar surface area (TPSA) is 20.3 Å². The van der Waals surface area contributed by atoms with Gasteiger partial charge in [-0.15, -0.1) is 0 Å². The summed E-state index contributed by atoms with van der Waals surface area (Å²) in [5.74, 6) is -0.565. The molecule has 2 nitrogen and oxygen atoms in total. The van der Waals surface area contributed by atoms with Crippen LogP contribution in [0.15, 0.2) is 18.2 Å². The molecule has 1 aromatic carbocycles. The largest absolute Gasteiger partial charge is 0.280 e. The molecule has 0 aromatic heterocycles. The highest BCUT2D eigenvalue weighted by Crippen LogP contribution is 2.25. The summed E-state index contributed by atoms with van der Waals surface area (Å²) in [4.78, 5) is 11.2. The molecule has 1 heterocycles. The number of amides is 1. The molecule has 0 saturated carbocycles. The van der Waals surface area contributed by atoms with E-state index in [9.17, 15) is 9.18 Å². The van der Waals surface area contributed by atoms with Crippen molar-refractivity contribution >= 4 is 18.7 Å².